The van der Waals surface area contributed by atoms with E-state index in [2.05, 4.69) is 0 Å². The Morgan fingerprint density at radius 3 is 1.00 bits per heavy atom. The Bertz CT molecular complexity index is 8.00. The van der Waals surface area contributed by atoms with Crippen molar-refractivity contribution in [2.24, 2.45) is 0 Å². The van der Waals surface area contributed by atoms with Crippen LogP contribution in [0.2, 0.25) is 0 Å². The van der Waals surface area contributed by atoms with Gasteiger partial charge in [0.25, 0.3) is 0 Å². The molecular weight excluding hydrogens is 693 g/mol. The molecule has 0 unspecified atom stereocenters. The van der Waals surface area contributed by atoms with Crippen molar-refractivity contribution in [3.63, 3.8) is 0 Å². The van der Waals surface area contributed by atoms with Crippen molar-refractivity contribution in [1.29, 1.82) is 0 Å². The molecule has 0 saturated carbocycles. The third kappa shape index (κ3) is 8.97. The van der Waals surface area contributed by atoms with Crippen molar-refractivity contribution in [2.45, 2.75) is 0 Å². The van der Waals surface area contributed by atoms with Crippen LogP contribution in [0.3, 0.4) is 0 Å². The van der Waals surface area contributed by atoms with Gasteiger partial charge in [0.05, 0.1) is 0 Å². The second-order valence-electron chi connectivity index (χ2n) is 0. The summed E-state index contributed by atoms with van der Waals surface area (Å²) >= 11 is 0. The average molecular weight is 698 g/mol. The number of hydrogen-bond donors (Lipinski definition) is 0. The first kappa shape index (κ1) is 26.9. The van der Waals surface area contributed by atoms with E-state index < -0.39 is 0 Å². The second-order valence-corrected chi connectivity index (χ2v) is 0. The maximum absolute atomic E-state index is 0. The summed E-state index contributed by atoms with van der Waals surface area (Å²) in [6, 6.07) is 0. The van der Waals surface area contributed by atoms with Crippen LogP contribution in [0.25, 0.3) is 0 Å². The minimum Gasteiger partial charge on any atom is 0 e. The fourth-order valence-corrected chi connectivity index (χ4v) is 0. The molecule has 0 aromatic rings. The minimum atomic E-state index is 0. The monoisotopic (exact) mass is 699 g/mol. The molecule has 0 aliphatic carbocycles. The Hall–Kier alpha value is 3.23. The van der Waals surface area contributed by atoms with E-state index in [1.807, 2.05) is 0 Å². The average Bonchev–Trinajstić information content (AvgIpc) is 0. The van der Waals surface area contributed by atoms with E-state index >= 15 is 0 Å². The van der Waals surface area contributed by atoms with Gasteiger partial charge in [0.1, 0.15) is 0 Å². The molecule has 0 rings (SSSR count). The molecule has 0 fully saturated rings. The fourth-order valence-electron chi connectivity index (χ4n) is 0. The Morgan fingerprint density at radius 1 is 1.00 bits per heavy atom. The smallest absolute Gasteiger partial charge is 0 e. The molecule has 0 bridgehead atoms. The predicted molar refractivity (Wildman–Crippen MR) is 18.5 cm³/mol. The van der Waals surface area contributed by atoms with Crippen LogP contribution >= 0.6 is 0 Å². The molecule has 4 heavy (non-hydrogen) atoms. The molecule has 0 spiro atoms. The van der Waals surface area contributed by atoms with Crippen LogP contribution in [0.4, 0.5) is 0 Å². The molecule has 4 heteroatoms. The Labute approximate surface area is 94.9 Å². The maximum Gasteiger partial charge on any atom is 0 e. The van der Waals surface area contributed by atoms with Crippen LogP contribution in [-0.2, 0) is 43.4 Å². The van der Waals surface area contributed by atoms with Crippen LogP contribution in [0.5, 0.6) is 0 Å². The molecule has 0 aromatic heterocycles. The van der Waals surface area contributed by atoms with Gasteiger partial charge in [0, 0.05) is 43.4 Å². The normalized spacial score (nSPS) is 0. The summed E-state index contributed by atoms with van der Waals surface area (Å²) < 4.78 is 0. The Balaban J connectivity index is 0. The molecule has 0 aromatic carbocycles. The van der Waals surface area contributed by atoms with E-state index in [0.717, 1.165) is 0 Å². The molecule has 0 heterocycles. The van der Waals surface area contributed by atoms with Crippen molar-refractivity contribution in [3.05, 3.63) is 0 Å². The van der Waals surface area contributed by atoms with Crippen LogP contribution in [-0.4, -0.2) is 53.5 Å². The van der Waals surface area contributed by atoms with Gasteiger partial charge < -0.3 is 0 Å². The van der Waals surface area contributed by atoms with Gasteiger partial charge >= 0.3 is 53.5 Å². The quantitative estimate of drug-likeness (QED) is 0.255. The zero-order valence-corrected chi connectivity index (χ0v) is 18.4. The van der Waals surface area contributed by atoms with Crippen molar-refractivity contribution in [3.8, 4) is 0 Å². The number of hydrogen-bond acceptors (Lipinski definition) is 0. The maximum atomic E-state index is 0. The van der Waals surface area contributed by atoms with E-state index in [9.17, 15) is 0 Å². The van der Waals surface area contributed by atoms with Gasteiger partial charge in [-0.3, -0.25) is 0 Å². The summed E-state index contributed by atoms with van der Waals surface area (Å²) in [5.74, 6) is 0. The third-order valence-electron chi connectivity index (χ3n) is 0. The standard InChI is InChI=1S/Bi.Nb.Pb.W.5H. The van der Waals surface area contributed by atoms with Crippen molar-refractivity contribution >= 4 is 53.5 Å². The molecule has 0 aliphatic heterocycles. The van der Waals surface area contributed by atoms with Gasteiger partial charge in [-0.1, -0.05) is 0 Å². The summed E-state index contributed by atoms with van der Waals surface area (Å²) in [6.07, 6.45) is 0. The molecule has 0 N–H and O–H groups in total. The molecule has 25 valence electrons. The first-order valence-corrected chi connectivity index (χ1v) is 0. The van der Waals surface area contributed by atoms with Gasteiger partial charge in [-0.2, -0.15) is 0 Å². The molecular formula is H5BiNbPbW. The van der Waals surface area contributed by atoms with Crippen LogP contribution < -0.4 is 0 Å². The zero-order valence-electron chi connectivity index (χ0n) is 2.27. The van der Waals surface area contributed by atoms with Crippen molar-refractivity contribution < 1.29 is 43.4 Å². The topological polar surface area (TPSA) is 0 Å². The molecule has 0 nitrogen and oxygen atoms in total. The Morgan fingerprint density at radius 2 is 1.00 bits per heavy atom. The molecule has 0 amide bonds. The Kier molecular flexibility index (Phi) is 110. The fraction of sp³-hybridized carbons (Fsp3) is 0. The molecule has 0 atom stereocenters. The van der Waals surface area contributed by atoms with Crippen LogP contribution in [0.1, 0.15) is 0 Å². The van der Waals surface area contributed by atoms with Gasteiger partial charge in [0.15, 0.2) is 0 Å². The van der Waals surface area contributed by atoms with E-state index in [4.69, 9.17) is 0 Å². The first-order chi connectivity index (χ1) is 0. The van der Waals surface area contributed by atoms with E-state index in [1.165, 1.54) is 0 Å². The summed E-state index contributed by atoms with van der Waals surface area (Å²) in [7, 11) is 0. The largest absolute Gasteiger partial charge is 0 e. The molecule has 0 saturated heterocycles. The van der Waals surface area contributed by atoms with E-state index in [-0.39, 0.29) is 96.9 Å². The number of rotatable bonds is 0. The van der Waals surface area contributed by atoms with Gasteiger partial charge in [-0.15, -0.1) is 0 Å². The SMILES string of the molecule is [BiH3].[Nb].[PbH2].[W]. The second kappa shape index (κ2) is 16.3. The van der Waals surface area contributed by atoms with Crippen molar-refractivity contribution in [1.82, 2.24) is 0 Å². The zero-order chi connectivity index (χ0) is 0. The van der Waals surface area contributed by atoms with Gasteiger partial charge in [-0.25, -0.2) is 0 Å². The molecule has 3 radical (unpaired) electrons. The van der Waals surface area contributed by atoms with Crippen LogP contribution in [0, 0.1) is 0 Å². The van der Waals surface area contributed by atoms with Crippen molar-refractivity contribution in [2.75, 3.05) is 0 Å². The summed E-state index contributed by atoms with van der Waals surface area (Å²) in [5, 5.41) is 0. The van der Waals surface area contributed by atoms with Gasteiger partial charge in [-0.05, 0) is 0 Å². The molecule has 0 aliphatic rings. The first-order valence-electron chi connectivity index (χ1n) is 0. The predicted octanol–water partition coefficient (Wildman–Crippen LogP) is -2.11. The van der Waals surface area contributed by atoms with Gasteiger partial charge in [0.2, 0.25) is 0 Å². The van der Waals surface area contributed by atoms with E-state index in [1.54, 1.807) is 0 Å². The summed E-state index contributed by atoms with van der Waals surface area (Å²) in [4.78, 5) is 0. The third-order valence-corrected chi connectivity index (χ3v) is 0. The summed E-state index contributed by atoms with van der Waals surface area (Å²) in [5.41, 5.74) is 0. The van der Waals surface area contributed by atoms with Crippen LogP contribution in [0.15, 0.2) is 0 Å². The van der Waals surface area contributed by atoms with E-state index in [0.29, 0.717) is 0 Å². The summed E-state index contributed by atoms with van der Waals surface area (Å²) in [6.45, 7) is 0. The minimum absolute atomic E-state index is 0.